The Bertz CT molecular complexity index is 431. The third kappa shape index (κ3) is 2.74. The van der Waals surface area contributed by atoms with Gasteiger partial charge in [-0.3, -0.25) is 4.79 Å². The second-order valence-corrected chi connectivity index (χ2v) is 5.39. The van der Waals surface area contributed by atoms with Crippen LogP contribution in [0.1, 0.15) is 12.8 Å². The first-order valence-corrected chi connectivity index (χ1v) is 6.81. The number of halogens is 1. The number of hydrogen-bond acceptors (Lipinski definition) is 3. The second kappa shape index (κ2) is 5.82. The standard InChI is InChI=1S/C13H17BrN2O2/c14-10-3-1-2-4-11(10)16-12(17)13(9-15)5-7-18-8-6-13/h1-4H,5-9,15H2,(H,16,17). The first-order valence-electron chi connectivity index (χ1n) is 6.02. The van der Waals surface area contributed by atoms with Crippen LogP contribution in [0.4, 0.5) is 5.69 Å². The highest BCUT2D eigenvalue weighted by molar-refractivity contribution is 9.10. The van der Waals surface area contributed by atoms with E-state index in [4.69, 9.17) is 10.5 Å². The minimum atomic E-state index is -0.493. The molecule has 1 fully saturated rings. The molecule has 98 valence electrons. The number of anilines is 1. The summed E-state index contributed by atoms with van der Waals surface area (Å²) < 4.78 is 6.18. The van der Waals surface area contributed by atoms with Crippen molar-refractivity contribution >= 4 is 27.5 Å². The number of rotatable bonds is 3. The van der Waals surface area contributed by atoms with Gasteiger partial charge in [-0.1, -0.05) is 12.1 Å². The zero-order chi connectivity index (χ0) is 13.0. The lowest BCUT2D eigenvalue weighted by Crippen LogP contribution is -2.46. The van der Waals surface area contributed by atoms with Gasteiger partial charge in [0.1, 0.15) is 0 Å². The highest BCUT2D eigenvalue weighted by Crippen LogP contribution is 2.32. The maximum absolute atomic E-state index is 12.4. The lowest BCUT2D eigenvalue weighted by atomic mass is 9.79. The van der Waals surface area contributed by atoms with Crippen molar-refractivity contribution in [1.29, 1.82) is 0 Å². The number of amides is 1. The van der Waals surface area contributed by atoms with Gasteiger partial charge >= 0.3 is 0 Å². The van der Waals surface area contributed by atoms with E-state index in [0.29, 0.717) is 32.6 Å². The Hall–Kier alpha value is -0.910. The summed E-state index contributed by atoms with van der Waals surface area (Å²) >= 11 is 3.42. The van der Waals surface area contributed by atoms with Gasteiger partial charge in [0.05, 0.1) is 11.1 Å². The Morgan fingerprint density at radius 3 is 2.67 bits per heavy atom. The monoisotopic (exact) mass is 312 g/mol. The first kappa shape index (κ1) is 13.5. The minimum absolute atomic E-state index is 0.0137. The van der Waals surface area contributed by atoms with Crippen LogP contribution in [0.2, 0.25) is 0 Å². The number of carbonyl (C=O) groups is 1. The molecule has 1 saturated heterocycles. The van der Waals surface area contributed by atoms with E-state index < -0.39 is 5.41 Å². The Morgan fingerprint density at radius 1 is 1.39 bits per heavy atom. The average molecular weight is 313 g/mol. The Balaban J connectivity index is 2.13. The van der Waals surface area contributed by atoms with Crippen LogP contribution >= 0.6 is 15.9 Å². The van der Waals surface area contributed by atoms with Crippen LogP contribution in [-0.4, -0.2) is 25.7 Å². The van der Waals surface area contributed by atoms with Gasteiger partial charge in [-0.05, 0) is 40.9 Å². The number of carbonyl (C=O) groups excluding carboxylic acids is 1. The molecule has 0 aromatic heterocycles. The maximum Gasteiger partial charge on any atom is 0.232 e. The lowest BCUT2D eigenvalue weighted by Gasteiger charge is -2.34. The molecule has 18 heavy (non-hydrogen) atoms. The molecule has 1 aromatic carbocycles. The van der Waals surface area contributed by atoms with Gasteiger partial charge in [0.15, 0.2) is 0 Å². The van der Waals surface area contributed by atoms with E-state index in [0.717, 1.165) is 10.2 Å². The van der Waals surface area contributed by atoms with Gasteiger partial charge in [-0.2, -0.15) is 0 Å². The molecule has 0 saturated carbocycles. The Morgan fingerprint density at radius 2 is 2.06 bits per heavy atom. The summed E-state index contributed by atoms with van der Waals surface area (Å²) in [4.78, 5) is 12.4. The van der Waals surface area contributed by atoms with Crippen LogP contribution in [0, 0.1) is 5.41 Å². The average Bonchev–Trinajstić information content (AvgIpc) is 2.42. The smallest absolute Gasteiger partial charge is 0.232 e. The molecule has 0 unspecified atom stereocenters. The molecular formula is C13H17BrN2O2. The van der Waals surface area contributed by atoms with Gasteiger partial charge in [-0.15, -0.1) is 0 Å². The van der Waals surface area contributed by atoms with E-state index in [1.807, 2.05) is 24.3 Å². The second-order valence-electron chi connectivity index (χ2n) is 4.53. The van der Waals surface area contributed by atoms with Gasteiger partial charge in [0.2, 0.25) is 5.91 Å². The van der Waals surface area contributed by atoms with E-state index in [2.05, 4.69) is 21.2 Å². The number of nitrogens with two attached hydrogens (primary N) is 1. The normalized spacial score (nSPS) is 18.3. The Labute approximate surface area is 115 Å². The molecule has 0 bridgehead atoms. The highest BCUT2D eigenvalue weighted by Gasteiger charge is 2.38. The van der Waals surface area contributed by atoms with Crippen molar-refractivity contribution in [3.05, 3.63) is 28.7 Å². The fourth-order valence-electron chi connectivity index (χ4n) is 2.10. The van der Waals surface area contributed by atoms with E-state index in [1.165, 1.54) is 0 Å². The molecule has 0 atom stereocenters. The quantitative estimate of drug-likeness (QED) is 0.898. The summed E-state index contributed by atoms with van der Waals surface area (Å²) in [5.41, 5.74) is 6.09. The molecule has 1 amide bonds. The van der Waals surface area contributed by atoms with Gasteiger partial charge in [-0.25, -0.2) is 0 Å². The molecule has 3 N–H and O–H groups in total. The number of para-hydroxylation sites is 1. The summed E-state index contributed by atoms with van der Waals surface area (Å²) in [6, 6.07) is 7.56. The number of ether oxygens (including phenoxy) is 1. The summed E-state index contributed by atoms with van der Waals surface area (Å²) in [6.07, 6.45) is 1.36. The third-order valence-corrected chi connectivity index (χ3v) is 4.14. The van der Waals surface area contributed by atoms with E-state index in [-0.39, 0.29) is 5.91 Å². The lowest BCUT2D eigenvalue weighted by molar-refractivity contribution is -0.130. The van der Waals surface area contributed by atoms with Gasteiger partial charge in [0.25, 0.3) is 0 Å². The summed E-state index contributed by atoms with van der Waals surface area (Å²) in [5, 5.41) is 2.95. The zero-order valence-electron chi connectivity index (χ0n) is 10.1. The van der Waals surface area contributed by atoms with Crippen LogP contribution in [0.25, 0.3) is 0 Å². The van der Waals surface area contributed by atoms with Crippen LogP contribution in [0.15, 0.2) is 28.7 Å². The summed E-state index contributed by atoms with van der Waals surface area (Å²) in [5.74, 6) is -0.0137. The molecule has 2 rings (SSSR count). The third-order valence-electron chi connectivity index (χ3n) is 3.44. The van der Waals surface area contributed by atoms with Crippen molar-refractivity contribution in [2.24, 2.45) is 11.1 Å². The minimum Gasteiger partial charge on any atom is -0.381 e. The number of hydrogen-bond donors (Lipinski definition) is 2. The first-order chi connectivity index (χ1) is 8.68. The number of benzene rings is 1. The predicted octanol–water partition coefficient (Wildman–Crippen LogP) is 2.14. The van der Waals surface area contributed by atoms with Crippen LogP contribution in [-0.2, 0) is 9.53 Å². The molecular weight excluding hydrogens is 296 g/mol. The SMILES string of the molecule is NCC1(C(=O)Nc2ccccc2Br)CCOCC1. The van der Waals surface area contributed by atoms with E-state index in [9.17, 15) is 4.79 Å². The highest BCUT2D eigenvalue weighted by atomic mass is 79.9. The van der Waals surface area contributed by atoms with Crippen molar-refractivity contribution in [3.8, 4) is 0 Å². The fourth-order valence-corrected chi connectivity index (χ4v) is 2.49. The molecule has 1 aliphatic heterocycles. The van der Waals surface area contributed by atoms with Crippen molar-refractivity contribution in [3.63, 3.8) is 0 Å². The summed E-state index contributed by atoms with van der Waals surface area (Å²) in [6.45, 7) is 1.55. The van der Waals surface area contributed by atoms with E-state index in [1.54, 1.807) is 0 Å². The largest absolute Gasteiger partial charge is 0.381 e. The van der Waals surface area contributed by atoms with Crippen molar-refractivity contribution in [2.75, 3.05) is 25.1 Å². The van der Waals surface area contributed by atoms with E-state index >= 15 is 0 Å². The van der Waals surface area contributed by atoms with Crippen LogP contribution in [0.3, 0.4) is 0 Å². The Kier molecular flexibility index (Phi) is 4.37. The molecule has 1 aliphatic rings. The molecule has 0 radical (unpaired) electrons. The number of nitrogens with one attached hydrogen (secondary N) is 1. The fraction of sp³-hybridized carbons (Fsp3) is 0.462. The molecule has 1 heterocycles. The van der Waals surface area contributed by atoms with Gasteiger partial charge in [0, 0.05) is 24.2 Å². The van der Waals surface area contributed by atoms with Crippen molar-refractivity contribution in [1.82, 2.24) is 0 Å². The summed E-state index contributed by atoms with van der Waals surface area (Å²) in [7, 11) is 0. The molecule has 4 nitrogen and oxygen atoms in total. The van der Waals surface area contributed by atoms with Crippen LogP contribution in [0.5, 0.6) is 0 Å². The maximum atomic E-state index is 12.4. The zero-order valence-corrected chi connectivity index (χ0v) is 11.7. The molecule has 0 aliphatic carbocycles. The molecule has 1 aromatic rings. The van der Waals surface area contributed by atoms with Crippen molar-refractivity contribution < 1.29 is 9.53 Å². The van der Waals surface area contributed by atoms with Gasteiger partial charge < -0.3 is 15.8 Å². The van der Waals surface area contributed by atoms with Crippen molar-refractivity contribution in [2.45, 2.75) is 12.8 Å². The topological polar surface area (TPSA) is 64.4 Å². The molecule has 5 heteroatoms. The molecule has 0 spiro atoms. The van der Waals surface area contributed by atoms with Crippen LogP contribution < -0.4 is 11.1 Å². The predicted molar refractivity (Wildman–Crippen MR) is 74.3 cm³/mol.